The third kappa shape index (κ3) is 4.25. The summed E-state index contributed by atoms with van der Waals surface area (Å²) in [6.07, 6.45) is 2.42. The van der Waals surface area contributed by atoms with Gasteiger partial charge in [-0.2, -0.15) is 0 Å². The van der Waals surface area contributed by atoms with Gasteiger partial charge in [0.2, 0.25) is 5.91 Å². The van der Waals surface area contributed by atoms with Crippen LogP contribution in [-0.4, -0.2) is 40.2 Å². The average molecular weight is 335 g/mol. The van der Waals surface area contributed by atoms with E-state index in [1.807, 2.05) is 4.90 Å². The Morgan fingerprint density at radius 2 is 2.13 bits per heavy atom. The molecule has 0 radical (unpaired) electrons. The number of hydrogen-bond donors (Lipinski definition) is 0. The number of aryl methyl sites for hydroxylation is 1. The Hall–Kier alpha value is -2.02. The summed E-state index contributed by atoms with van der Waals surface area (Å²) in [6, 6.07) is 6.60. The standard InChI is InChI=1S/C16H18FN3O2S/c17-14-4-2-1-3-12(14)5-6-15(21)20-9-7-13(8-10-20)22-16-19-18-11-23-16/h1-4,11,13H,5-10H2. The first-order chi connectivity index (χ1) is 11.2. The number of carbonyl (C=O) groups excluding carboxylic acids is 1. The molecule has 0 N–H and O–H groups in total. The zero-order valence-electron chi connectivity index (χ0n) is 12.7. The number of hydrogen-bond acceptors (Lipinski definition) is 5. The molecule has 1 aliphatic rings. The zero-order chi connectivity index (χ0) is 16.1. The fraction of sp³-hybridized carbons (Fsp3) is 0.438. The minimum atomic E-state index is -0.246. The fourth-order valence-electron chi connectivity index (χ4n) is 2.68. The Balaban J connectivity index is 1.44. The molecular formula is C16H18FN3O2S. The van der Waals surface area contributed by atoms with E-state index in [1.165, 1.54) is 17.4 Å². The molecule has 5 nitrogen and oxygen atoms in total. The molecule has 1 fully saturated rings. The van der Waals surface area contributed by atoms with Crippen molar-refractivity contribution in [2.45, 2.75) is 31.8 Å². The molecule has 0 unspecified atom stereocenters. The minimum absolute atomic E-state index is 0.0719. The number of piperidine rings is 1. The summed E-state index contributed by atoms with van der Waals surface area (Å²) in [4.78, 5) is 14.1. The van der Waals surface area contributed by atoms with Crippen LogP contribution in [0.15, 0.2) is 29.8 Å². The van der Waals surface area contributed by atoms with Gasteiger partial charge in [-0.05, 0) is 18.1 Å². The predicted octanol–water partition coefficient (Wildman–Crippen LogP) is 2.68. The molecule has 0 spiro atoms. The van der Waals surface area contributed by atoms with Crippen LogP contribution in [0.3, 0.4) is 0 Å². The number of likely N-dealkylation sites (tertiary alicyclic amines) is 1. The molecule has 0 bridgehead atoms. The zero-order valence-corrected chi connectivity index (χ0v) is 13.5. The largest absolute Gasteiger partial charge is 0.465 e. The Morgan fingerprint density at radius 3 is 2.83 bits per heavy atom. The third-order valence-corrected chi connectivity index (χ3v) is 4.55. The quantitative estimate of drug-likeness (QED) is 0.843. The summed E-state index contributed by atoms with van der Waals surface area (Å²) in [5.74, 6) is -0.174. The van der Waals surface area contributed by atoms with E-state index in [1.54, 1.807) is 23.7 Å². The van der Waals surface area contributed by atoms with Crippen molar-refractivity contribution in [3.8, 4) is 5.19 Å². The highest BCUT2D eigenvalue weighted by molar-refractivity contribution is 7.11. The van der Waals surface area contributed by atoms with E-state index in [4.69, 9.17) is 4.74 Å². The first-order valence-corrected chi connectivity index (χ1v) is 8.54. The van der Waals surface area contributed by atoms with E-state index >= 15 is 0 Å². The van der Waals surface area contributed by atoms with E-state index in [0.29, 0.717) is 36.7 Å². The second kappa shape index (κ2) is 7.50. The van der Waals surface area contributed by atoms with Gasteiger partial charge in [-0.1, -0.05) is 29.5 Å². The predicted molar refractivity (Wildman–Crippen MR) is 84.9 cm³/mol. The van der Waals surface area contributed by atoms with Gasteiger partial charge >= 0.3 is 0 Å². The number of carbonyl (C=O) groups is 1. The molecule has 2 heterocycles. The van der Waals surface area contributed by atoms with E-state index in [9.17, 15) is 9.18 Å². The highest BCUT2D eigenvalue weighted by atomic mass is 32.1. The van der Waals surface area contributed by atoms with Gasteiger partial charge < -0.3 is 9.64 Å². The van der Waals surface area contributed by atoms with Gasteiger partial charge in [0.1, 0.15) is 17.4 Å². The summed E-state index contributed by atoms with van der Waals surface area (Å²) >= 11 is 1.37. The van der Waals surface area contributed by atoms with Crippen LogP contribution in [0.5, 0.6) is 5.19 Å². The molecule has 2 aromatic rings. The smallest absolute Gasteiger partial charge is 0.294 e. The van der Waals surface area contributed by atoms with Crippen LogP contribution in [0.2, 0.25) is 0 Å². The van der Waals surface area contributed by atoms with Gasteiger partial charge in [0, 0.05) is 32.4 Å². The van der Waals surface area contributed by atoms with Crippen LogP contribution < -0.4 is 4.74 Å². The number of rotatable bonds is 5. The van der Waals surface area contributed by atoms with E-state index < -0.39 is 0 Å². The molecule has 1 aromatic heterocycles. The maximum Gasteiger partial charge on any atom is 0.294 e. The lowest BCUT2D eigenvalue weighted by molar-refractivity contribution is -0.132. The van der Waals surface area contributed by atoms with E-state index in [0.717, 1.165) is 12.8 Å². The topological polar surface area (TPSA) is 55.3 Å². The van der Waals surface area contributed by atoms with Crippen LogP contribution >= 0.6 is 11.3 Å². The number of benzene rings is 1. The van der Waals surface area contributed by atoms with Crippen molar-refractivity contribution in [1.29, 1.82) is 0 Å². The minimum Gasteiger partial charge on any atom is -0.465 e. The van der Waals surface area contributed by atoms with Crippen molar-refractivity contribution in [3.05, 3.63) is 41.2 Å². The summed E-state index contributed by atoms with van der Waals surface area (Å²) in [6.45, 7) is 1.33. The molecule has 122 valence electrons. The number of ether oxygens (including phenoxy) is 1. The molecule has 0 aliphatic carbocycles. The van der Waals surface area contributed by atoms with Crippen molar-refractivity contribution >= 4 is 17.2 Å². The summed E-state index contributed by atoms with van der Waals surface area (Å²) in [5.41, 5.74) is 2.23. The van der Waals surface area contributed by atoms with Crippen LogP contribution in [0.1, 0.15) is 24.8 Å². The van der Waals surface area contributed by atoms with Crippen LogP contribution in [0, 0.1) is 5.82 Å². The number of amides is 1. The van der Waals surface area contributed by atoms with Gasteiger partial charge in [0.25, 0.3) is 5.19 Å². The van der Waals surface area contributed by atoms with Crippen molar-refractivity contribution < 1.29 is 13.9 Å². The molecular weight excluding hydrogens is 317 g/mol. The summed E-state index contributed by atoms with van der Waals surface area (Å²) < 4.78 is 19.3. The SMILES string of the molecule is O=C(CCc1ccccc1F)N1CCC(Oc2nncs2)CC1. The molecule has 0 atom stereocenters. The Morgan fingerprint density at radius 1 is 1.35 bits per heavy atom. The first kappa shape index (κ1) is 15.9. The monoisotopic (exact) mass is 335 g/mol. The molecule has 7 heteroatoms. The molecule has 0 saturated carbocycles. The normalized spacial score (nSPS) is 15.6. The van der Waals surface area contributed by atoms with Gasteiger partial charge in [-0.25, -0.2) is 4.39 Å². The van der Waals surface area contributed by atoms with Crippen molar-refractivity contribution in [1.82, 2.24) is 15.1 Å². The maximum atomic E-state index is 13.6. The maximum absolute atomic E-state index is 13.6. The lowest BCUT2D eigenvalue weighted by Crippen LogP contribution is -2.41. The molecule has 3 rings (SSSR count). The molecule has 1 amide bonds. The molecule has 1 aromatic carbocycles. The van der Waals surface area contributed by atoms with Crippen molar-refractivity contribution in [3.63, 3.8) is 0 Å². The lowest BCUT2D eigenvalue weighted by atomic mass is 10.1. The summed E-state index contributed by atoms with van der Waals surface area (Å²) in [7, 11) is 0. The van der Waals surface area contributed by atoms with Crippen molar-refractivity contribution in [2.24, 2.45) is 0 Å². The molecule has 23 heavy (non-hydrogen) atoms. The van der Waals surface area contributed by atoms with Gasteiger partial charge in [-0.3, -0.25) is 4.79 Å². The highest BCUT2D eigenvalue weighted by Gasteiger charge is 2.24. The highest BCUT2D eigenvalue weighted by Crippen LogP contribution is 2.20. The molecule has 1 aliphatic heterocycles. The van der Waals surface area contributed by atoms with Crippen LogP contribution in [0.25, 0.3) is 0 Å². The fourth-order valence-corrected chi connectivity index (χ4v) is 3.15. The molecule has 1 saturated heterocycles. The van der Waals surface area contributed by atoms with Crippen molar-refractivity contribution in [2.75, 3.05) is 13.1 Å². The van der Waals surface area contributed by atoms with Gasteiger partial charge in [-0.15, -0.1) is 10.2 Å². The Bertz CT molecular complexity index is 643. The number of halogens is 1. The van der Waals surface area contributed by atoms with Gasteiger partial charge in [0.15, 0.2) is 0 Å². The van der Waals surface area contributed by atoms with Gasteiger partial charge in [0.05, 0.1) is 0 Å². The Kier molecular flexibility index (Phi) is 5.17. The number of aromatic nitrogens is 2. The third-order valence-electron chi connectivity index (χ3n) is 3.97. The second-order valence-corrected chi connectivity index (χ2v) is 6.29. The second-order valence-electron chi connectivity index (χ2n) is 5.49. The van der Waals surface area contributed by atoms with Crippen LogP contribution in [-0.2, 0) is 11.2 Å². The summed E-state index contributed by atoms with van der Waals surface area (Å²) in [5, 5.41) is 8.18. The lowest BCUT2D eigenvalue weighted by Gasteiger charge is -2.31. The number of nitrogens with zero attached hydrogens (tertiary/aromatic N) is 3. The first-order valence-electron chi connectivity index (χ1n) is 7.66. The van der Waals surface area contributed by atoms with E-state index in [2.05, 4.69) is 10.2 Å². The van der Waals surface area contributed by atoms with Crippen LogP contribution in [0.4, 0.5) is 4.39 Å². The Labute approximate surface area is 138 Å². The average Bonchev–Trinajstić information content (AvgIpc) is 3.07. The van der Waals surface area contributed by atoms with E-state index in [-0.39, 0.29) is 17.8 Å².